The summed E-state index contributed by atoms with van der Waals surface area (Å²) < 4.78 is 117. The van der Waals surface area contributed by atoms with Crippen LogP contribution in [0.5, 0.6) is 0 Å². The van der Waals surface area contributed by atoms with Crippen molar-refractivity contribution < 1.29 is 83.3 Å². The van der Waals surface area contributed by atoms with Crippen LogP contribution in [0.15, 0.2) is 0 Å². The van der Waals surface area contributed by atoms with Crippen molar-refractivity contribution in [2.24, 2.45) is 0 Å². The molecular weight excluding hydrogens is 993 g/mol. The molecule has 0 N–H and O–H groups in total. The van der Waals surface area contributed by atoms with Gasteiger partial charge >= 0.3 is 436 Å². The Kier molecular flexibility index (Phi) is 22.8. The SMILES string of the molecule is CC(C)(C)O[Si](OC(C)(C)C)(OC(C)(C)C)[O][Ti]([O][Si](OC(C)(C)C)(OC(C)(C)C)OC(C)(C)C)([O][Si](OC(C)(C)C)(OC(C)(C)C)OC(C)(C)C)[O][Si](OC(C)(C)C)(OC(C)(C)C)OC(C)(C)C. The molecule has 69 heavy (non-hydrogen) atoms. The molecule has 0 fully saturated rings. The van der Waals surface area contributed by atoms with Crippen molar-refractivity contribution in [3.8, 4) is 0 Å². The summed E-state index contributed by atoms with van der Waals surface area (Å²) in [6.45, 7) is 67.5. The standard InChI is InChI=1S/4C12H27O4Si.Ti/c4*1-10(2,3)14-17(13,15-11(4,5)6)16-12(7,8)9;/h4*1-9H3;/q4*-1;+4. The Morgan fingerprint density at radius 3 is 0.290 bits per heavy atom. The minimum atomic E-state index is -6.70. The van der Waals surface area contributed by atoms with Gasteiger partial charge in [0.2, 0.25) is 0 Å². The molecule has 416 valence electrons. The van der Waals surface area contributed by atoms with Crippen LogP contribution in [-0.2, 0) is 83.3 Å². The molecule has 0 aromatic heterocycles. The van der Waals surface area contributed by atoms with Crippen molar-refractivity contribution in [1.82, 2.24) is 0 Å². The second-order valence-electron chi connectivity index (χ2n) is 29.5. The third-order valence-electron chi connectivity index (χ3n) is 6.17. The molecule has 0 unspecified atom stereocenters. The molecule has 0 rings (SSSR count). The van der Waals surface area contributed by atoms with E-state index in [-0.39, 0.29) is 0 Å². The summed E-state index contributed by atoms with van der Waals surface area (Å²) in [5.74, 6) is 0. The van der Waals surface area contributed by atoms with Crippen molar-refractivity contribution in [2.75, 3.05) is 0 Å². The summed E-state index contributed by atoms with van der Waals surface area (Å²) in [5.41, 5.74) is -12.0. The fourth-order valence-corrected chi connectivity index (χ4v) is 29.6. The summed E-state index contributed by atoms with van der Waals surface area (Å²) in [6.07, 6.45) is 0. The molecule has 0 atom stereocenters. The maximum atomic E-state index is 7.83. The van der Waals surface area contributed by atoms with Crippen molar-refractivity contribution >= 4 is 36.2 Å². The van der Waals surface area contributed by atoms with Gasteiger partial charge < -0.3 is 0 Å². The van der Waals surface area contributed by atoms with Crippen LogP contribution in [0.2, 0.25) is 0 Å². The van der Waals surface area contributed by atoms with Gasteiger partial charge in [-0.2, -0.15) is 0 Å². The van der Waals surface area contributed by atoms with E-state index in [4.69, 9.17) is 65.1 Å². The van der Waals surface area contributed by atoms with Gasteiger partial charge in [-0.1, -0.05) is 0 Å². The first kappa shape index (κ1) is 69.9. The predicted molar refractivity (Wildman–Crippen MR) is 277 cm³/mol. The van der Waals surface area contributed by atoms with Crippen LogP contribution in [0.1, 0.15) is 249 Å². The molecular formula is C48H108O16Si4Ti. The third kappa shape index (κ3) is 32.9. The van der Waals surface area contributed by atoms with E-state index in [0.717, 1.165) is 0 Å². The number of hydrogen-bond donors (Lipinski definition) is 0. The van der Waals surface area contributed by atoms with Gasteiger partial charge in [0, 0.05) is 0 Å². The van der Waals surface area contributed by atoms with E-state index in [2.05, 4.69) is 0 Å². The van der Waals surface area contributed by atoms with Crippen LogP contribution in [0.3, 0.4) is 0 Å². The van der Waals surface area contributed by atoms with E-state index in [0.29, 0.717) is 0 Å². The fourth-order valence-electron chi connectivity index (χ4n) is 5.74. The third-order valence-corrected chi connectivity index (χ3v) is 27.9. The Morgan fingerprint density at radius 2 is 0.232 bits per heavy atom. The van der Waals surface area contributed by atoms with Gasteiger partial charge in [0.25, 0.3) is 0 Å². The van der Waals surface area contributed by atoms with E-state index >= 15 is 0 Å². The summed E-state index contributed by atoms with van der Waals surface area (Å²) in [7, 11) is -19.6. The second kappa shape index (κ2) is 22.5. The Labute approximate surface area is 433 Å². The zero-order valence-corrected chi connectivity index (χ0v) is 56.6. The second-order valence-corrected chi connectivity index (χ2v) is 42.1. The Hall–Kier alpha value is 0.942. The molecule has 0 spiro atoms. The molecule has 0 amide bonds. The first-order chi connectivity index (χ1) is 29.3. The molecule has 0 radical (unpaired) electrons. The van der Waals surface area contributed by atoms with Crippen molar-refractivity contribution in [1.29, 1.82) is 0 Å². The van der Waals surface area contributed by atoms with Crippen LogP contribution in [0.4, 0.5) is 0 Å². The zero-order chi connectivity index (χ0) is 55.8. The van der Waals surface area contributed by atoms with Gasteiger partial charge in [-0.3, -0.25) is 0 Å². The molecule has 0 aromatic carbocycles. The van der Waals surface area contributed by atoms with E-state index in [1.807, 2.05) is 249 Å². The molecule has 21 heteroatoms. The first-order valence-corrected chi connectivity index (χ1v) is 33.6. The Balaban J connectivity index is 10.7. The average Bonchev–Trinajstić information content (AvgIpc) is 2.78. The Bertz CT molecular complexity index is 1180. The number of hydrogen-bond acceptors (Lipinski definition) is 16. The van der Waals surface area contributed by atoms with E-state index < -0.39 is 122 Å². The number of rotatable bonds is 20. The topological polar surface area (TPSA) is 148 Å². The van der Waals surface area contributed by atoms with Crippen LogP contribution < -0.4 is 0 Å². The van der Waals surface area contributed by atoms with Gasteiger partial charge in [-0.05, 0) is 0 Å². The van der Waals surface area contributed by atoms with Crippen LogP contribution in [0, 0.1) is 0 Å². The van der Waals surface area contributed by atoms with Gasteiger partial charge in [0.15, 0.2) is 0 Å². The molecule has 16 nitrogen and oxygen atoms in total. The molecule has 0 bridgehead atoms. The monoisotopic (exact) mass is 1100 g/mol. The molecule has 0 heterocycles. The zero-order valence-electron chi connectivity index (χ0n) is 51.0. The van der Waals surface area contributed by atoms with Gasteiger partial charge in [-0.25, -0.2) is 0 Å². The minimum absolute atomic E-state index is 1.00. The molecule has 0 aliphatic heterocycles. The van der Waals surface area contributed by atoms with Crippen LogP contribution in [-0.4, -0.2) is 103 Å². The van der Waals surface area contributed by atoms with Crippen molar-refractivity contribution in [2.45, 2.75) is 316 Å². The predicted octanol–water partition coefficient (Wildman–Crippen LogP) is 13.4. The Morgan fingerprint density at radius 1 is 0.159 bits per heavy atom. The fraction of sp³-hybridized carbons (Fsp3) is 1.00. The van der Waals surface area contributed by atoms with Gasteiger partial charge in [0.1, 0.15) is 0 Å². The quantitative estimate of drug-likeness (QED) is 0.106. The van der Waals surface area contributed by atoms with Gasteiger partial charge in [0.05, 0.1) is 0 Å². The van der Waals surface area contributed by atoms with E-state index in [1.54, 1.807) is 0 Å². The normalized spacial score (nSPS) is 16.2. The average molecular weight is 1100 g/mol. The molecule has 0 saturated carbocycles. The summed E-state index contributed by atoms with van der Waals surface area (Å²) in [5, 5.41) is 0. The van der Waals surface area contributed by atoms with Gasteiger partial charge in [-0.15, -0.1) is 0 Å². The molecule has 0 aliphatic carbocycles. The summed E-state index contributed by atoms with van der Waals surface area (Å²) in [4.78, 5) is 0. The summed E-state index contributed by atoms with van der Waals surface area (Å²) in [6, 6.07) is 0. The van der Waals surface area contributed by atoms with E-state index in [9.17, 15) is 0 Å². The van der Waals surface area contributed by atoms with Crippen LogP contribution >= 0.6 is 0 Å². The van der Waals surface area contributed by atoms with E-state index in [1.165, 1.54) is 0 Å². The van der Waals surface area contributed by atoms with Crippen molar-refractivity contribution in [3.63, 3.8) is 0 Å². The van der Waals surface area contributed by atoms with Crippen molar-refractivity contribution in [3.05, 3.63) is 0 Å². The first-order valence-electron chi connectivity index (χ1n) is 24.5. The molecule has 0 saturated heterocycles. The maximum absolute atomic E-state index is 7.83. The molecule has 0 aliphatic rings. The summed E-state index contributed by atoms with van der Waals surface area (Å²) >= 11 is -6.70. The van der Waals surface area contributed by atoms with Crippen LogP contribution in [0.25, 0.3) is 0 Å². The molecule has 0 aromatic rings.